The van der Waals surface area contributed by atoms with Crippen molar-refractivity contribution >= 4 is 17.2 Å². The maximum Gasteiger partial charge on any atom is 0.161 e. The lowest BCUT2D eigenvalue weighted by atomic mass is 10.1. The maximum atomic E-state index is 9.59. The summed E-state index contributed by atoms with van der Waals surface area (Å²) < 4.78 is 10.2. The third kappa shape index (κ3) is 4.11. The second kappa shape index (κ2) is 7.66. The molecule has 0 saturated heterocycles. The van der Waals surface area contributed by atoms with Crippen LogP contribution in [0.25, 0.3) is 0 Å². The van der Waals surface area contributed by atoms with Crippen LogP contribution >= 0.6 is 12.2 Å². The summed E-state index contributed by atoms with van der Waals surface area (Å²) in [5.41, 5.74) is 2.03. The van der Waals surface area contributed by atoms with Gasteiger partial charge in [0.05, 0.1) is 14.2 Å². The SMILES string of the molecule is COc1ccc(CCNC(=S)c2ccc(O)c(OC)c2)cc1. The highest BCUT2D eigenvalue weighted by Gasteiger charge is 2.06. The first-order valence-electron chi connectivity index (χ1n) is 6.92. The Labute approximate surface area is 135 Å². The smallest absolute Gasteiger partial charge is 0.161 e. The molecule has 0 amide bonds. The van der Waals surface area contributed by atoms with E-state index in [4.69, 9.17) is 21.7 Å². The van der Waals surface area contributed by atoms with Gasteiger partial charge in [0.15, 0.2) is 11.5 Å². The van der Waals surface area contributed by atoms with Crippen LogP contribution in [-0.2, 0) is 6.42 Å². The van der Waals surface area contributed by atoms with Crippen LogP contribution in [0.2, 0.25) is 0 Å². The van der Waals surface area contributed by atoms with Gasteiger partial charge >= 0.3 is 0 Å². The fourth-order valence-corrected chi connectivity index (χ4v) is 2.26. The molecule has 2 aromatic rings. The van der Waals surface area contributed by atoms with Gasteiger partial charge in [0.2, 0.25) is 0 Å². The molecule has 0 bridgehead atoms. The fourth-order valence-electron chi connectivity index (χ4n) is 2.03. The highest BCUT2D eigenvalue weighted by Crippen LogP contribution is 2.26. The minimum absolute atomic E-state index is 0.104. The lowest BCUT2D eigenvalue weighted by molar-refractivity contribution is 0.373. The number of ether oxygens (including phenoxy) is 2. The molecule has 0 atom stereocenters. The van der Waals surface area contributed by atoms with Crippen molar-refractivity contribution in [3.8, 4) is 17.2 Å². The number of phenolic OH excluding ortho intramolecular Hbond substituents is 1. The van der Waals surface area contributed by atoms with Crippen LogP contribution in [0.3, 0.4) is 0 Å². The van der Waals surface area contributed by atoms with Gasteiger partial charge in [-0.05, 0) is 42.3 Å². The van der Waals surface area contributed by atoms with Gasteiger partial charge in [0.25, 0.3) is 0 Å². The fraction of sp³-hybridized carbons (Fsp3) is 0.235. The van der Waals surface area contributed by atoms with Crippen LogP contribution in [-0.4, -0.2) is 30.9 Å². The van der Waals surface area contributed by atoms with E-state index < -0.39 is 0 Å². The average molecular weight is 317 g/mol. The normalized spacial score (nSPS) is 10.1. The molecule has 5 heteroatoms. The van der Waals surface area contributed by atoms with E-state index in [-0.39, 0.29) is 5.75 Å². The number of hydrogen-bond acceptors (Lipinski definition) is 4. The van der Waals surface area contributed by atoms with Crippen molar-refractivity contribution in [1.82, 2.24) is 5.32 Å². The van der Waals surface area contributed by atoms with Crippen LogP contribution in [0.1, 0.15) is 11.1 Å². The van der Waals surface area contributed by atoms with Crippen molar-refractivity contribution in [3.05, 3.63) is 53.6 Å². The summed E-state index contributed by atoms with van der Waals surface area (Å²) in [6.07, 6.45) is 0.860. The third-order valence-electron chi connectivity index (χ3n) is 3.30. The second-order valence-corrected chi connectivity index (χ2v) is 5.15. The Hall–Kier alpha value is -2.27. The summed E-state index contributed by atoms with van der Waals surface area (Å²) in [6.45, 7) is 0.731. The Kier molecular flexibility index (Phi) is 5.61. The van der Waals surface area contributed by atoms with E-state index in [0.29, 0.717) is 10.7 Å². The minimum atomic E-state index is 0.104. The summed E-state index contributed by atoms with van der Waals surface area (Å²) in [5.74, 6) is 1.37. The van der Waals surface area contributed by atoms with Crippen molar-refractivity contribution in [1.29, 1.82) is 0 Å². The quantitative estimate of drug-likeness (QED) is 0.802. The summed E-state index contributed by atoms with van der Waals surface area (Å²) in [4.78, 5) is 0.631. The van der Waals surface area contributed by atoms with E-state index >= 15 is 0 Å². The van der Waals surface area contributed by atoms with Gasteiger partial charge in [-0.1, -0.05) is 24.4 Å². The molecule has 0 radical (unpaired) electrons. The number of nitrogens with one attached hydrogen (secondary N) is 1. The van der Waals surface area contributed by atoms with Crippen molar-refractivity contribution < 1.29 is 14.6 Å². The average Bonchev–Trinajstić information content (AvgIpc) is 2.55. The maximum absolute atomic E-state index is 9.59. The molecule has 2 rings (SSSR count). The summed E-state index contributed by atoms with van der Waals surface area (Å²) in [7, 11) is 3.17. The number of hydrogen-bond donors (Lipinski definition) is 2. The molecule has 116 valence electrons. The topological polar surface area (TPSA) is 50.7 Å². The standard InChI is InChI=1S/C17H19NO3S/c1-20-14-6-3-12(4-7-14)9-10-18-17(22)13-5-8-15(19)16(11-13)21-2/h3-8,11,19H,9-10H2,1-2H3,(H,18,22). The summed E-state index contributed by atoms with van der Waals surface area (Å²) in [5, 5.41) is 12.8. The molecule has 4 nitrogen and oxygen atoms in total. The molecule has 0 heterocycles. The zero-order valence-corrected chi connectivity index (χ0v) is 13.4. The zero-order chi connectivity index (χ0) is 15.9. The summed E-state index contributed by atoms with van der Waals surface area (Å²) >= 11 is 5.36. The lowest BCUT2D eigenvalue weighted by Gasteiger charge is -2.10. The van der Waals surface area contributed by atoms with E-state index in [9.17, 15) is 5.11 Å². The Balaban J connectivity index is 1.89. The second-order valence-electron chi connectivity index (χ2n) is 4.74. The van der Waals surface area contributed by atoms with E-state index in [1.54, 1.807) is 25.3 Å². The number of rotatable bonds is 6. The number of thiocarbonyl (C=S) groups is 1. The molecule has 2 N–H and O–H groups in total. The predicted octanol–water partition coefficient (Wildman–Crippen LogP) is 2.92. The van der Waals surface area contributed by atoms with Gasteiger partial charge in [-0.25, -0.2) is 0 Å². The Bertz CT molecular complexity index is 641. The first-order valence-corrected chi connectivity index (χ1v) is 7.33. The van der Waals surface area contributed by atoms with Gasteiger partial charge in [0.1, 0.15) is 10.7 Å². The lowest BCUT2D eigenvalue weighted by Crippen LogP contribution is -2.24. The van der Waals surface area contributed by atoms with Crippen molar-refractivity contribution in [2.24, 2.45) is 0 Å². The molecule has 0 fully saturated rings. The van der Waals surface area contributed by atoms with Crippen molar-refractivity contribution in [2.45, 2.75) is 6.42 Å². The van der Waals surface area contributed by atoms with Crippen molar-refractivity contribution in [3.63, 3.8) is 0 Å². The first kappa shape index (κ1) is 16.1. The number of aromatic hydroxyl groups is 1. The highest BCUT2D eigenvalue weighted by atomic mass is 32.1. The monoisotopic (exact) mass is 317 g/mol. The molecule has 0 aliphatic heterocycles. The molecular formula is C17H19NO3S. The molecular weight excluding hydrogens is 298 g/mol. The van der Waals surface area contributed by atoms with Crippen LogP contribution in [0, 0.1) is 0 Å². The van der Waals surface area contributed by atoms with Gasteiger partial charge in [-0.15, -0.1) is 0 Å². The van der Waals surface area contributed by atoms with E-state index in [2.05, 4.69) is 5.32 Å². The van der Waals surface area contributed by atoms with Crippen LogP contribution in [0.4, 0.5) is 0 Å². The van der Waals surface area contributed by atoms with Crippen LogP contribution < -0.4 is 14.8 Å². The van der Waals surface area contributed by atoms with Gasteiger partial charge < -0.3 is 19.9 Å². The van der Waals surface area contributed by atoms with E-state index in [1.807, 2.05) is 24.3 Å². The van der Waals surface area contributed by atoms with Gasteiger partial charge in [-0.3, -0.25) is 0 Å². The molecule has 0 aliphatic carbocycles. The molecule has 0 aromatic heterocycles. The Morgan fingerprint density at radius 2 is 1.82 bits per heavy atom. The van der Waals surface area contributed by atoms with Crippen LogP contribution in [0.5, 0.6) is 17.2 Å². The number of phenols is 1. The minimum Gasteiger partial charge on any atom is -0.504 e. The highest BCUT2D eigenvalue weighted by molar-refractivity contribution is 7.80. The molecule has 0 saturated carbocycles. The van der Waals surface area contributed by atoms with Crippen molar-refractivity contribution in [2.75, 3.05) is 20.8 Å². The Morgan fingerprint density at radius 1 is 1.09 bits per heavy atom. The predicted molar refractivity (Wildman–Crippen MR) is 91.1 cm³/mol. The zero-order valence-electron chi connectivity index (χ0n) is 12.6. The molecule has 0 spiro atoms. The van der Waals surface area contributed by atoms with Crippen LogP contribution in [0.15, 0.2) is 42.5 Å². The van der Waals surface area contributed by atoms with E-state index in [0.717, 1.165) is 24.3 Å². The number of methoxy groups -OCH3 is 2. The largest absolute Gasteiger partial charge is 0.504 e. The molecule has 0 aliphatic rings. The van der Waals surface area contributed by atoms with E-state index in [1.165, 1.54) is 12.7 Å². The molecule has 2 aromatic carbocycles. The van der Waals surface area contributed by atoms with Gasteiger partial charge in [-0.2, -0.15) is 0 Å². The third-order valence-corrected chi connectivity index (χ3v) is 3.68. The Morgan fingerprint density at radius 3 is 2.45 bits per heavy atom. The molecule has 22 heavy (non-hydrogen) atoms. The van der Waals surface area contributed by atoms with Gasteiger partial charge in [0, 0.05) is 12.1 Å². The first-order chi connectivity index (χ1) is 10.6. The molecule has 0 unspecified atom stereocenters. The number of benzene rings is 2. The summed E-state index contributed by atoms with van der Waals surface area (Å²) in [6, 6.07) is 13.0.